The molecule has 0 unspecified atom stereocenters. The molecule has 3 nitrogen and oxygen atoms in total. The summed E-state index contributed by atoms with van der Waals surface area (Å²) in [7, 11) is 0. The van der Waals surface area contributed by atoms with E-state index >= 15 is 0 Å². The molecule has 98 valence electrons. The molecule has 0 aliphatic heterocycles. The van der Waals surface area contributed by atoms with Crippen LogP contribution >= 0.6 is 0 Å². The topological polar surface area (TPSA) is 43.8 Å². The Morgan fingerprint density at radius 1 is 1.37 bits per heavy atom. The highest BCUT2D eigenvalue weighted by molar-refractivity contribution is 5.42. The first-order valence-electron chi connectivity index (χ1n) is 6.07. The Balaban J connectivity index is 2.37. The predicted octanol–water partition coefficient (Wildman–Crippen LogP) is 2.00. The van der Waals surface area contributed by atoms with Crippen molar-refractivity contribution in [3.8, 4) is 11.8 Å². The van der Waals surface area contributed by atoms with Crippen LogP contribution in [0.5, 0.6) is 0 Å². The Morgan fingerprint density at radius 2 is 2.16 bits per heavy atom. The van der Waals surface area contributed by atoms with Crippen molar-refractivity contribution in [2.75, 3.05) is 6.54 Å². The molecule has 0 saturated carbocycles. The second-order valence-corrected chi connectivity index (χ2v) is 4.35. The van der Waals surface area contributed by atoms with E-state index in [9.17, 15) is 4.39 Å². The molecule has 0 aliphatic carbocycles. The summed E-state index contributed by atoms with van der Waals surface area (Å²) < 4.78 is 15.3. The maximum Gasteiger partial charge on any atom is 0.124 e. The molecular formula is C15H16FN3. The van der Waals surface area contributed by atoms with Gasteiger partial charge in [-0.2, -0.15) is 0 Å². The zero-order valence-electron chi connectivity index (χ0n) is 11.1. The predicted molar refractivity (Wildman–Crippen MR) is 73.1 cm³/mol. The summed E-state index contributed by atoms with van der Waals surface area (Å²) in [6, 6.07) is 4.64. The Kier molecular flexibility index (Phi) is 3.98. The van der Waals surface area contributed by atoms with Gasteiger partial charge in [-0.1, -0.05) is 17.9 Å². The number of aromatic nitrogens is 2. The molecule has 0 radical (unpaired) electrons. The standard InChI is InChI=1S/C15H16FN3/c1-11-12(2)19(10-18-11)9-14-5-6-15(16)8-13(14)4-3-7-17/h5-6,8,10H,7,9,17H2,1-2H3. The number of imidazole rings is 1. The van der Waals surface area contributed by atoms with Crippen molar-refractivity contribution in [2.24, 2.45) is 5.73 Å². The minimum atomic E-state index is -0.288. The van der Waals surface area contributed by atoms with Gasteiger partial charge in [-0.25, -0.2) is 9.37 Å². The van der Waals surface area contributed by atoms with Gasteiger partial charge in [0.15, 0.2) is 0 Å². The lowest BCUT2D eigenvalue weighted by molar-refractivity contribution is 0.625. The lowest BCUT2D eigenvalue weighted by atomic mass is 10.1. The van der Waals surface area contributed by atoms with Crippen LogP contribution in [-0.2, 0) is 6.54 Å². The van der Waals surface area contributed by atoms with Crippen molar-refractivity contribution >= 4 is 0 Å². The second kappa shape index (κ2) is 5.68. The van der Waals surface area contributed by atoms with Crippen LogP contribution in [0.3, 0.4) is 0 Å². The maximum absolute atomic E-state index is 13.3. The average molecular weight is 257 g/mol. The number of hydrogen-bond donors (Lipinski definition) is 1. The van der Waals surface area contributed by atoms with E-state index in [0.717, 1.165) is 17.0 Å². The molecule has 2 N–H and O–H groups in total. The molecule has 0 amide bonds. The third kappa shape index (κ3) is 3.01. The Labute approximate surface area is 112 Å². The smallest absolute Gasteiger partial charge is 0.124 e. The summed E-state index contributed by atoms with van der Waals surface area (Å²) in [6.45, 7) is 4.86. The van der Waals surface area contributed by atoms with Crippen LogP contribution in [0.4, 0.5) is 4.39 Å². The molecule has 4 heteroatoms. The number of rotatable bonds is 2. The summed E-state index contributed by atoms with van der Waals surface area (Å²) in [5, 5.41) is 0. The quantitative estimate of drug-likeness (QED) is 0.836. The Bertz CT molecular complexity index is 647. The summed E-state index contributed by atoms with van der Waals surface area (Å²) >= 11 is 0. The van der Waals surface area contributed by atoms with Crippen molar-refractivity contribution in [1.82, 2.24) is 9.55 Å². The molecule has 2 aromatic rings. The molecule has 2 rings (SSSR count). The fourth-order valence-electron chi connectivity index (χ4n) is 1.84. The van der Waals surface area contributed by atoms with E-state index in [1.165, 1.54) is 12.1 Å². The molecule has 1 heterocycles. The van der Waals surface area contributed by atoms with E-state index < -0.39 is 0 Å². The van der Waals surface area contributed by atoms with Gasteiger partial charge in [0.1, 0.15) is 5.82 Å². The lowest BCUT2D eigenvalue weighted by Gasteiger charge is -2.08. The third-order valence-corrected chi connectivity index (χ3v) is 3.08. The summed E-state index contributed by atoms with van der Waals surface area (Å²) in [6.07, 6.45) is 1.79. The van der Waals surface area contributed by atoms with E-state index in [4.69, 9.17) is 5.73 Å². The van der Waals surface area contributed by atoms with Crippen LogP contribution < -0.4 is 5.73 Å². The highest BCUT2D eigenvalue weighted by Gasteiger charge is 2.06. The summed E-state index contributed by atoms with van der Waals surface area (Å²) in [4.78, 5) is 4.25. The van der Waals surface area contributed by atoms with Gasteiger partial charge >= 0.3 is 0 Å². The van der Waals surface area contributed by atoms with E-state index in [-0.39, 0.29) is 12.4 Å². The van der Waals surface area contributed by atoms with Crippen LogP contribution in [0.15, 0.2) is 24.5 Å². The van der Waals surface area contributed by atoms with E-state index in [1.807, 2.05) is 18.4 Å². The third-order valence-electron chi connectivity index (χ3n) is 3.08. The molecule has 0 bridgehead atoms. The van der Waals surface area contributed by atoms with Crippen LogP contribution in [-0.4, -0.2) is 16.1 Å². The minimum Gasteiger partial charge on any atom is -0.330 e. The number of aryl methyl sites for hydroxylation is 1. The second-order valence-electron chi connectivity index (χ2n) is 4.35. The highest BCUT2D eigenvalue weighted by atomic mass is 19.1. The SMILES string of the molecule is Cc1ncn(Cc2ccc(F)cc2C#CCN)c1C. The van der Waals surface area contributed by atoms with Crippen LogP contribution in [0.2, 0.25) is 0 Å². The first-order chi connectivity index (χ1) is 9.11. The highest BCUT2D eigenvalue weighted by Crippen LogP contribution is 2.14. The van der Waals surface area contributed by atoms with Gasteiger partial charge in [-0.15, -0.1) is 0 Å². The molecule has 0 aliphatic rings. The molecule has 1 aromatic carbocycles. The normalized spacial score (nSPS) is 10.1. The Morgan fingerprint density at radius 3 is 2.79 bits per heavy atom. The number of nitrogens with zero attached hydrogens (tertiary/aromatic N) is 2. The Hall–Kier alpha value is -2.12. The largest absolute Gasteiger partial charge is 0.330 e. The maximum atomic E-state index is 13.3. The summed E-state index contributed by atoms with van der Waals surface area (Å²) in [5.41, 5.74) is 9.10. The first-order valence-corrected chi connectivity index (χ1v) is 6.07. The molecule has 0 fully saturated rings. The average Bonchev–Trinajstić information content (AvgIpc) is 2.71. The van der Waals surface area contributed by atoms with Crippen molar-refractivity contribution in [1.29, 1.82) is 0 Å². The fraction of sp³-hybridized carbons (Fsp3) is 0.267. The lowest BCUT2D eigenvalue weighted by Crippen LogP contribution is -2.03. The van der Waals surface area contributed by atoms with Gasteiger partial charge in [0.2, 0.25) is 0 Å². The molecule has 19 heavy (non-hydrogen) atoms. The molecule has 0 atom stereocenters. The van der Waals surface area contributed by atoms with Crippen molar-refractivity contribution < 1.29 is 4.39 Å². The molecule has 0 saturated heterocycles. The van der Waals surface area contributed by atoms with E-state index in [0.29, 0.717) is 12.1 Å². The molecular weight excluding hydrogens is 241 g/mol. The number of hydrogen-bond acceptors (Lipinski definition) is 2. The minimum absolute atomic E-state index is 0.263. The van der Waals surface area contributed by atoms with E-state index in [2.05, 4.69) is 16.8 Å². The van der Waals surface area contributed by atoms with Gasteiger partial charge in [-0.3, -0.25) is 0 Å². The number of benzene rings is 1. The van der Waals surface area contributed by atoms with Gasteiger partial charge in [0, 0.05) is 17.8 Å². The van der Waals surface area contributed by atoms with Crippen molar-refractivity contribution in [2.45, 2.75) is 20.4 Å². The van der Waals surface area contributed by atoms with Crippen molar-refractivity contribution in [3.05, 3.63) is 52.9 Å². The monoisotopic (exact) mass is 257 g/mol. The summed E-state index contributed by atoms with van der Waals surface area (Å²) in [5.74, 6) is 5.39. The van der Waals surface area contributed by atoms with Gasteiger partial charge in [0.05, 0.1) is 18.6 Å². The van der Waals surface area contributed by atoms with Gasteiger partial charge < -0.3 is 10.3 Å². The van der Waals surface area contributed by atoms with E-state index in [1.54, 1.807) is 12.4 Å². The van der Waals surface area contributed by atoms with Crippen LogP contribution in [0, 0.1) is 31.5 Å². The molecule has 0 spiro atoms. The van der Waals surface area contributed by atoms with Crippen molar-refractivity contribution in [3.63, 3.8) is 0 Å². The number of nitrogens with two attached hydrogens (primary N) is 1. The molecule has 1 aromatic heterocycles. The van der Waals surface area contributed by atoms with Crippen LogP contribution in [0.1, 0.15) is 22.5 Å². The fourth-order valence-corrected chi connectivity index (χ4v) is 1.84. The van der Waals surface area contributed by atoms with Gasteiger partial charge in [-0.05, 0) is 31.5 Å². The number of halogens is 1. The van der Waals surface area contributed by atoms with Gasteiger partial charge in [0.25, 0.3) is 0 Å². The zero-order valence-corrected chi connectivity index (χ0v) is 11.1. The first kappa shape index (κ1) is 13.3. The zero-order chi connectivity index (χ0) is 13.8. The van der Waals surface area contributed by atoms with Crippen LogP contribution in [0.25, 0.3) is 0 Å².